The molecule has 0 saturated carbocycles. The number of hydrogen-bond acceptors (Lipinski definition) is 4. The summed E-state index contributed by atoms with van der Waals surface area (Å²) in [4.78, 5) is 33.7. The molecule has 3 saturated heterocycles. The molecule has 1 aromatic heterocycles. The van der Waals surface area contributed by atoms with Crippen LogP contribution in [0.25, 0.3) is 0 Å². The molecule has 3 aliphatic heterocycles. The van der Waals surface area contributed by atoms with Crippen LogP contribution in [0.2, 0.25) is 0 Å². The lowest BCUT2D eigenvalue weighted by atomic mass is 9.79. The predicted octanol–water partition coefficient (Wildman–Crippen LogP) is 1.81. The molecule has 0 unspecified atom stereocenters. The van der Waals surface area contributed by atoms with Gasteiger partial charge in [0.25, 0.3) is 5.91 Å². The quantitative estimate of drug-likeness (QED) is 0.890. The van der Waals surface area contributed by atoms with Crippen molar-refractivity contribution >= 4 is 17.6 Å². The van der Waals surface area contributed by atoms with Gasteiger partial charge in [-0.2, -0.15) is 0 Å². The smallest absolute Gasteiger partial charge is 0.254 e. The Kier molecular flexibility index (Phi) is 4.36. The third kappa shape index (κ3) is 3.10. The summed E-state index contributed by atoms with van der Waals surface area (Å²) >= 11 is 0. The molecular weight excluding hydrogens is 316 g/mol. The van der Waals surface area contributed by atoms with E-state index < -0.39 is 0 Å². The summed E-state index contributed by atoms with van der Waals surface area (Å²) in [5.41, 5.74) is 0.438. The molecule has 134 valence electrons. The number of amides is 2. The Morgan fingerprint density at radius 2 is 1.96 bits per heavy atom. The van der Waals surface area contributed by atoms with Gasteiger partial charge in [0.15, 0.2) is 0 Å². The number of hydrogen-bond donors (Lipinski definition) is 1. The summed E-state index contributed by atoms with van der Waals surface area (Å²) < 4.78 is 0. The maximum atomic E-state index is 12.7. The van der Waals surface area contributed by atoms with E-state index in [0.29, 0.717) is 12.1 Å². The standard InChI is InChI=1S/C19H26N4O2/c24-17(22-10-2-1-3-11-22)15-5-9-20-16(13-15)23-12-7-19(14-23)6-4-8-21-18(19)25/h5,9,13H,1-4,6-8,10-12,14H2,(H,21,25)/t19-/m1/s1. The first-order valence-corrected chi connectivity index (χ1v) is 9.47. The molecule has 0 bridgehead atoms. The predicted molar refractivity (Wildman–Crippen MR) is 95.5 cm³/mol. The third-order valence-electron chi connectivity index (χ3n) is 5.91. The Labute approximate surface area is 148 Å². The van der Waals surface area contributed by atoms with Gasteiger partial charge >= 0.3 is 0 Å². The van der Waals surface area contributed by atoms with Crippen molar-refractivity contribution in [3.05, 3.63) is 23.9 Å². The molecule has 1 spiro atoms. The number of likely N-dealkylation sites (tertiary alicyclic amines) is 1. The second-order valence-electron chi connectivity index (χ2n) is 7.57. The summed E-state index contributed by atoms with van der Waals surface area (Å²) in [6, 6.07) is 3.70. The lowest BCUT2D eigenvalue weighted by molar-refractivity contribution is -0.132. The number of piperidine rings is 2. The minimum atomic E-state index is -0.271. The second kappa shape index (κ2) is 6.65. The summed E-state index contributed by atoms with van der Waals surface area (Å²) in [6.45, 7) is 4.01. The lowest BCUT2D eigenvalue weighted by Crippen LogP contribution is -2.47. The van der Waals surface area contributed by atoms with Crippen molar-refractivity contribution in [2.24, 2.45) is 5.41 Å². The van der Waals surface area contributed by atoms with E-state index in [1.54, 1.807) is 12.3 Å². The van der Waals surface area contributed by atoms with E-state index in [0.717, 1.165) is 64.1 Å². The van der Waals surface area contributed by atoms with Gasteiger partial charge in [-0.25, -0.2) is 4.98 Å². The largest absolute Gasteiger partial charge is 0.356 e. The van der Waals surface area contributed by atoms with Crippen molar-refractivity contribution in [3.63, 3.8) is 0 Å². The molecule has 1 N–H and O–H groups in total. The fraction of sp³-hybridized carbons (Fsp3) is 0.632. The van der Waals surface area contributed by atoms with E-state index in [-0.39, 0.29) is 17.2 Å². The molecule has 0 radical (unpaired) electrons. The van der Waals surface area contributed by atoms with Crippen LogP contribution in [0.4, 0.5) is 5.82 Å². The van der Waals surface area contributed by atoms with Crippen LogP contribution >= 0.6 is 0 Å². The molecule has 25 heavy (non-hydrogen) atoms. The number of anilines is 1. The SMILES string of the molecule is O=C(c1ccnc(N2CC[C@]3(CCCNC3=O)C2)c1)N1CCCCC1. The molecule has 1 atom stereocenters. The number of aromatic nitrogens is 1. The highest BCUT2D eigenvalue weighted by Gasteiger charge is 2.46. The van der Waals surface area contributed by atoms with Crippen LogP contribution in [0.15, 0.2) is 18.3 Å². The van der Waals surface area contributed by atoms with Crippen LogP contribution in [0, 0.1) is 5.41 Å². The molecule has 4 rings (SSSR count). The maximum absolute atomic E-state index is 12.7. The first-order chi connectivity index (χ1) is 12.2. The van der Waals surface area contributed by atoms with E-state index in [9.17, 15) is 9.59 Å². The molecule has 2 amide bonds. The van der Waals surface area contributed by atoms with Crippen LogP contribution in [0.1, 0.15) is 48.9 Å². The first-order valence-electron chi connectivity index (χ1n) is 9.47. The van der Waals surface area contributed by atoms with Gasteiger partial charge < -0.3 is 15.1 Å². The Hall–Kier alpha value is -2.11. The van der Waals surface area contributed by atoms with Gasteiger partial charge in [0.2, 0.25) is 5.91 Å². The third-order valence-corrected chi connectivity index (χ3v) is 5.91. The molecule has 6 nitrogen and oxygen atoms in total. The molecule has 6 heteroatoms. The normalized spacial score (nSPS) is 26.8. The summed E-state index contributed by atoms with van der Waals surface area (Å²) in [5, 5.41) is 3.01. The molecule has 3 aliphatic rings. The fourth-order valence-corrected chi connectivity index (χ4v) is 4.39. The van der Waals surface area contributed by atoms with E-state index in [1.165, 1.54) is 6.42 Å². The summed E-state index contributed by atoms with van der Waals surface area (Å²) in [5.74, 6) is 1.10. The monoisotopic (exact) mass is 342 g/mol. The van der Waals surface area contributed by atoms with E-state index >= 15 is 0 Å². The zero-order valence-corrected chi connectivity index (χ0v) is 14.7. The van der Waals surface area contributed by atoms with Crippen molar-refractivity contribution in [1.29, 1.82) is 0 Å². The minimum absolute atomic E-state index is 0.104. The Balaban J connectivity index is 1.50. The topological polar surface area (TPSA) is 65.5 Å². The van der Waals surface area contributed by atoms with Gasteiger partial charge in [-0.15, -0.1) is 0 Å². The molecule has 4 heterocycles. The zero-order valence-electron chi connectivity index (χ0n) is 14.7. The van der Waals surface area contributed by atoms with Gasteiger partial charge in [0.05, 0.1) is 5.41 Å². The van der Waals surface area contributed by atoms with E-state index in [2.05, 4.69) is 15.2 Å². The number of rotatable bonds is 2. The van der Waals surface area contributed by atoms with Gasteiger partial charge in [-0.05, 0) is 50.7 Å². The Morgan fingerprint density at radius 1 is 1.12 bits per heavy atom. The second-order valence-corrected chi connectivity index (χ2v) is 7.57. The zero-order chi connectivity index (χ0) is 17.3. The molecule has 1 aromatic rings. The van der Waals surface area contributed by atoms with Crippen molar-refractivity contribution in [3.8, 4) is 0 Å². The van der Waals surface area contributed by atoms with Crippen molar-refractivity contribution in [1.82, 2.24) is 15.2 Å². The first kappa shape index (κ1) is 16.4. The van der Waals surface area contributed by atoms with Gasteiger partial charge in [-0.1, -0.05) is 0 Å². The van der Waals surface area contributed by atoms with Crippen LogP contribution in [-0.4, -0.2) is 54.4 Å². The van der Waals surface area contributed by atoms with Gasteiger partial charge in [0.1, 0.15) is 5.82 Å². The Bertz CT molecular complexity index is 671. The minimum Gasteiger partial charge on any atom is -0.356 e. The molecule has 0 aromatic carbocycles. The number of carbonyl (C=O) groups excluding carboxylic acids is 2. The molecule has 3 fully saturated rings. The average molecular weight is 342 g/mol. The summed E-state index contributed by atoms with van der Waals surface area (Å²) in [6.07, 6.45) is 7.97. The van der Waals surface area contributed by atoms with Crippen LogP contribution in [-0.2, 0) is 4.79 Å². The van der Waals surface area contributed by atoms with Gasteiger partial charge in [0, 0.05) is 44.5 Å². The highest BCUT2D eigenvalue weighted by molar-refractivity contribution is 5.95. The lowest BCUT2D eigenvalue weighted by Gasteiger charge is -2.32. The average Bonchev–Trinajstić information content (AvgIpc) is 3.10. The number of carbonyl (C=O) groups is 2. The number of pyridine rings is 1. The van der Waals surface area contributed by atoms with Crippen molar-refractivity contribution in [2.45, 2.75) is 38.5 Å². The number of nitrogens with zero attached hydrogens (tertiary/aromatic N) is 3. The number of nitrogens with one attached hydrogen (secondary N) is 1. The fourth-order valence-electron chi connectivity index (χ4n) is 4.39. The molecule has 0 aliphatic carbocycles. The van der Waals surface area contributed by atoms with Crippen LogP contribution in [0.5, 0.6) is 0 Å². The van der Waals surface area contributed by atoms with E-state index in [4.69, 9.17) is 0 Å². The maximum Gasteiger partial charge on any atom is 0.254 e. The Morgan fingerprint density at radius 3 is 2.76 bits per heavy atom. The highest BCUT2D eigenvalue weighted by atomic mass is 16.2. The van der Waals surface area contributed by atoms with Crippen molar-refractivity contribution in [2.75, 3.05) is 37.6 Å². The highest BCUT2D eigenvalue weighted by Crippen LogP contribution is 2.38. The van der Waals surface area contributed by atoms with Gasteiger partial charge in [-0.3, -0.25) is 9.59 Å². The van der Waals surface area contributed by atoms with Crippen LogP contribution in [0.3, 0.4) is 0 Å². The molecular formula is C19H26N4O2. The van der Waals surface area contributed by atoms with Crippen LogP contribution < -0.4 is 10.2 Å². The summed E-state index contributed by atoms with van der Waals surface area (Å²) in [7, 11) is 0. The van der Waals surface area contributed by atoms with Crippen molar-refractivity contribution < 1.29 is 9.59 Å². The van der Waals surface area contributed by atoms with E-state index in [1.807, 2.05) is 11.0 Å².